The van der Waals surface area contributed by atoms with Crippen LogP contribution in [-0.2, 0) is 4.79 Å². The van der Waals surface area contributed by atoms with Crippen LogP contribution in [0.25, 0.3) is 6.08 Å². The number of hydrogen-bond donors (Lipinski definition) is 3. The molecule has 0 aliphatic heterocycles. The highest BCUT2D eigenvalue weighted by atomic mass is 32.1. The van der Waals surface area contributed by atoms with Crippen LogP contribution in [0.2, 0.25) is 0 Å². The van der Waals surface area contributed by atoms with E-state index in [0.717, 1.165) is 5.56 Å². The summed E-state index contributed by atoms with van der Waals surface area (Å²) in [6.07, 6.45) is 3.12. The summed E-state index contributed by atoms with van der Waals surface area (Å²) in [5, 5.41) is 8.55. The van der Waals surface area contributed by atoms with E-state index in [1.807, 2.05) is 51.1 Å². The summed E-state index contributed by atoms with van der Waals surface area (Å²) in [5.41, 5.74) is 1.72. The van der Waals surface area contributed by atoms with Gasteiger partial charge in [0.2, 0.25) is 5.91 Å². The second-order valence-electron chi connectivity index (χ2n) is 6.97. The van der Waals surface area contributed by atoms with E-state index in [0.29, 0.717) is 11.3 Å². The van der Waals surface area contributed by atoms with Gasteiger partial charge >= 0.3 is 0 Å². The number of nitrogens with one attached hydrogen (secondary N) is 3. The minimum Gasteiger partial charge on any atom is -0.347 e. The first-order chi connectivity index (χ1) is 12.7. The van der Waals surface area contributed by atoms with Crippen LogP contribution in [0.4, 0.5) is 5.69 Å². The normalized spacial score (nSPS) is 11.1. The highest BCUT2D eigenvalue weighted by molar-refractivity contribution is 7.80. The lowest BCUT2D eigenvalue weighted by atomic mass is 10.1. The van der Waals surface area contributed by atoms with Crippen molar-refractivity contribution in [3.8, 4) is 0 Å². The third-order valence-corrected chi connectivity index (χ3v) is 3.54. The molecule has 0 aliphatic carbocycles. The number of carbonyl (C=O) groups is 2. The molecule has 140 valence electrons. The first-order valence-electron chi connectivity index (χ1n) is 8.51. The van der Waals surface area contributed by atoms with Crippen LogP contribution in [0.5, 0.6) is 0 Å². The Hall–Kier alpha value is -2.99. The Balaban J connectivity index is 1.93. The van der Waals surface area contributed by atoms with Crippen molar-refractivity contribution >= 4 is 40.9 Å². The van der Waals surface area contributed by atoms with Gasteiger partial charge in [-0.15, -0.1) is 0 Å². The highest BCUT2D eigenvalue weighted by Crippen LogP contribution is 2.12. The molecule has 2 rings (SSSR count). The van der Waals surface area contributed by atoms with E-state index in [9.17, 15) is 9.59 Å². The molecule has 5 nitrogen and oxygen atoms in total. The summed E-state index contributed by atoms with van der Waals surface area (Å²) in [6.45, 7) is 5.75. The van der Waals surface area contributed by atoms with Gasteiger partial charge in [-0.25, -0.2) is 0 Å². The molecule has 2 aromatic carbocycles. The Kier molecular flexibility index (Phi) is 6.85. The lowest BCUT2D eigenvalue weighted by Crippen LogP contribution is -2.40. The van der Waals surface area contributed by atoms with E-state index < -0.39 is 0 Å². The molecule has 0 saturated carbocycles. The molecular formula is C21H23N3O2S. The predicted octanol–water partition coefficient (Wildman–Crippen LogP) is 3.74. The first kappa shape index (κ1) is 20.3. The molecule has 0 heterocycles. The van der Waals surface area contributed by atoms with Crippen LogP contribution in [-0.4, -0.2) is 22.5 Å². The minimum atomic E-state index is -0.335. The summed E-state index contributed by atoms with van der Waals surface area (Å²) in [7, 11) is 0. The van der Waals surface area contributed by atoms with Gasteiger partial charge in [0.05, 0.1) is 0 Å². The lowest BCUT2D eigenvalue weighted by molar-refractivity contribution is -0.115. The average molecular weight is 382 g/mol. The lowest BCUT2D eigenvalue weighted by Gasteiger charge is -2.20. The smallest absolute Gasteiger partial charge is 0.251 e. The maximum Gasteiger partial charge on any atom is 0.251 e. The van der Waals surface area contributed by atoms with Crippen molar-refractivity contribution in [2.75, 3.05) is 5.32 Å². The van der Waals surface area contributed by atoms with Crippen LogP contribution >= 0.6 is 12.2 Å². The van der Waals surface area contributed by atoms with E-state index in [-0.39, 0.29) is 22.5 Å². The Morgan fingerprint density at radius 3 is 2.37 bits per heavy atom. The van der Waals surface area contributed by atoms with E-state index in [2.05, 4.69) is 16.0 Å². The fourth-order valence-electron chi connectivity index (χ4n) is 2.20. The third-order valence-electron chi connectivity index (χ3n) is 3.33. The Morgan fingerprint density at radius 2 is 1.70 bits per heavy atom. The largest absolute Gasteiger partial charge is 0.347 e. The quantitative estimate of drug-likeness (QED) is 0.557. The Morgan fingerprint density at radius 1 is 1.00 bits per heavy atom. The molecule has 0 aliphatic rings. The van der Waals surface area contributed by atoms with Gasteiger partial charge in [0.1, 0.15) is 0 Å². The summed E-state index contributed by atoms with van der Waals surface area (Å²) in [6, 6.07) is 16.4. The summed E-state index contributed by atoms with van der Waals surface area (Å²) in [5.74, 6) is -0.509. The molecule has 27 heavy (non-hydrogen) atoms. The maximum absolute atomic E-state index is 12.2. The molecule has 3 N–H and O–H groups in total. The van der Waals surface area contributed by atoms with Gasteiger partial charge in [0.25, 0.3) is 5.91 Å². The van der Waals surface area contributed by atoms with Gasteiger partial charge in [0.15, 0.2) is 5.11 Å². The molecular weight excluding hydrogens is 358 g/mol. The Labute approximate surface area is 164 Å². The van der Waals surface area contributed by atoms with Crippen molar-refractivity contribution < 1.29 is 9.59 Å². The molecule has 0 unspecified atom stereocenters. The average Bonchev–Trinajstić information content (AvgIpc) is 2.59. The van der Waals surface area contributed by atoms with Crippen molar-refractivity contribution in [1.82, 2.24) is 10.6 Å². The summed E-state index contributed by atoms with van der Waals surface area (Å²) >= 11 is 5.16. The molecule has 0 radical (unpaired) electrons. The molecule has 6 heteroatoms. The number of hydrogen-bond acceptors (Lipinski definition) is 3. The number of rotatable bonds is 4. The first-order valence-corrected chi connectivity index (χ1v) is 8.91. The third kappa shape index (κ3) is 7.42. The van der Waals surface area contributed by atoms with Gasteiger partial charge < -0.3 is 10.6 Å². The van der Waals surface area contributed by atoms with Crippen LogP contribution < -0.4 is 16.0 Å². The van der Waals surface area contributed by atoms with Crippen molar-refractivity contribution in [2.24, 2.45) is 0 Å². The fraction of sp³-hybridized carbons (Fsp3) is 0.190. The molecule has 2 amide bonds. The van der Waals surface area contributed by atoms with E-state index in [1.54, 1.807) is 30.3 Å². The van der Waals surface area contributed by atoms with Gasteiger partial charge in [-0.05, 0) is 62.8 Å². The topological polar surface area (TPSA) is 70.2 Å². The SMILES string of the molecule is CC(C)(C)NC(=O)c1cccc(NC(=S)NC(=O)/C=C/c2ccccc2)c1. The number of amides is 2. The van der Waals surface area contributed by atoms with Gasteiger partial charge in [-0.2, -0.15) is 0 Å². The molecule has 0 bridgehead atoms. The second-order valence-corrected chi connectivity index (χ2v) is 7.38. The van der Waals surface area contributed by atoms with Crippen molar-refractivity contribution in [3.05, 3.63) is 71.8 Å². The van der Waals surface area contributed by atoms with Gasteiger partial charge in [-0.1, -0.05) is 36.4 Å². The van der Waals surface area contributed by atoms with Gasteiger partial charge in [-0.3, -0.25) is 14.9 Å². The molecule has 0 saturated heterocycles. The number of benzene rings is 2. The zero-order valence-electron chi connectivity index (χ0n) is 15.6. The molecule has 2 aromatic rings. The van der Waals surface area contributed by atoms with Crippen LogP contribution in [0, 0.1) is 0 Å². The summed E-state index contributed by atoms with van der Waals surface area (Å²) < 4.78 is 0. The van der Waals surface area contributed by atoms with Gasteiger partial charge in [0, 0.05) is 22.9 Å². The number of carbonyl (C=O) groups excluding carboxylic acids is 2. The zero-order valence-corrected chi connectivity index (χ0v) is 16.4. The molecule has 0 atom stereocenters. The Bertz CT molecular complexity index is 855. The second kappa shape index (κ2) is 9.09. The summed E-state index contributed by atoms with van der Waals surface area (Å²) in [4.78, 5) is 24.2. The zero-order chi connectivity index (χ0) is 19.9. The predicted molar refractivity (Wildman–Crippen MR) is 114 cm³/mol. The molecule has 0 fully saturated rings. The number of anilines is 1. The molecule has 0 aromatic heterocycles. The van der Waals surface area contributed by atoms with E-state index in [1.165, 1.54) is 6.08 Å². The van der Waals surface area contributed by atoms with Crippen LogP contribution in [0.1, 0.15) is 36.7 Å². The van der Waals surface area contributed by atoms with Crippen molar-refractivity contribution in [3.63, 3.8) is 0 Å². The molecule has 0 spiro atoms. The van der Waals surface area contributed by atoms with Crippen molar-refractivity contribution in [2.45, 2.75) is 26.3 Å². The van der Waals surface area contributed by atoms with Crippen LogP contribution in [0.15, 0.2) is 60.7 Å². The fourth-order valence-corrected chi connectivity index (χ4v) is 2.42. The van der Waals surface area contributed by atoms with Crippen LogP contribution in [0.3, 0.4) is 0 Å². The minimum absolute atomic E-state index is 0.158. The van der Waals surface area contributed by atoms with Crippen molar-refractivity contribution in [1.29, 1.82) is 0 Å². The number of thiocarbonyl (C=S) groups is 1. The highest BCUT2D eigenvalue weighted by Gasteiger charge is 2.15. The standard InChI is InChI=1S/C21H23N3O2S/c1-21(2,3)24-19(26)16-10-7-11-17(14-16)22-20(27)23-18(25)13-12-15-8-5-4-6-9-15/h4-14H,1-3H3,(H,24,26)(H2,22,23,25,27)/b13-12+. The van der Waals surface area contributed by atoms with E-state index in [4.69, 9.17) is 12.2 Å². The maximum atomic E-state index is 12.2. The van der Waals surface area contributed by atoms with E-state index >= 15 is 0 Å². The monoisotopic (exact) mass is 381 g/mol.